The number of aromatic nitrogens is 1. The van der Waals surface area contributed by atoms with Crippen molar-refractivity contribution in [1.82, 2.24) is 4.98 Å². The first-order valence-electron chi connectivity index (χ1n) is 10.9. The zero-order valence-corrected chi connectivity index (χ0v) is 19.2. The second-order valence-corrected chi connectivity index (χ2v) is 10.3. The predicted molar refractivity (Wildman–Crippen MR) is 123 cm³/mol. The van der Waals surface area contributed by atoms with Crippen LogP contribution in [-0.4, -0.2) is 26.5 Å². The van der Waals surface area contributed by atoms with Gasteiger partial charge in [0.2, 0.25) is 9.84 Å². The minimum atomic E-state index is -3.55. The van der Waals surface area contributed by atoms with Crippen LogP contribution in [0.1, 0.15) is 57.8 Å². The van der Waals surface area contributed by atoms with E-state index in [1.807, 2.05) is 25.1 Å². The van der Waals surface area contributed by atoms with Gasteiger partial charge in [-0.15, -0.1) is 0 Å². The molecule has 0 N–H and O–H groups in total. The number of benzene rings is 2. The maximum Gasteiger partial charge on any atom is 0.338 e. The van der Waals surface area contributed by atoms with Gasteiger partial charge in [0.15, 0.2) is 0 Å². The van der Waals surface area contributed by atoms with Crippen molar-refractivity contribution >= 4 is 15.8 Å². The number of methoxy groups -OCH3 is 1. The second-order valence-electron chi connectivity index (χ2n) is 8.33. The van der Waals surface area contributed by atoms with Gasteiger partial charge in [0.1, 0.15) is 0 Å². The lowest BCUT2D eigenvalue weighted by molar-refractivity contribution is 0.0599. The lowest BCUT2D eigenvalue weighted by Gasteiger charge is -2.26. The number of aryl methyl sites for hydroxylation is 3. The molecule has 2 aromatic carbocycles. The molecule has 0 saturated heterocycles. The van der Waals surface area contributed by atoms with Crippen molar-refractivity contribution in [3.8, 4) is 0 Å². The van der Waals surface area contributed by atoms with E-state index in [2.05, 4.69) is 4.98 Å². The van der Waals surface area contributed by atoms with E-state index in [0.717, 1.165) is 42.4 Å². The number of hydrogen-bond acceptors (Lipinski definition) is 5. The Morgan fingerprint density at radius 3 is 2.72 bits per heavy atom. The van der Waals surface area contributed by atoms with Gasteiger partial charge >= 0.3 is 5.97 Å². The third kappa shape index (κ3) is 4.46. The molecule has 3 aromatic rings. The lowest BCUT2D eigenvalue weighted by atomic mass is 9.80. The fourth-order valence-electron chi connectivity index (χ4n) is 4.54. The summed E-state index contributed by atoms with van der Waals surface area (Å²) < 4.78 is 31.2. The molecule has 0 saturated carbocycles. The van der Waals surface area contributed by atoms with Crippen LogP contribution >= 0.6 is 0 Å². The van der Waals surface area contributed by atoms with E-state index in [1.54, 1.807) is 42.7 Å². The Hall–Kier alpha value is -2.99. The largest absolute Gasteiger partial charge is 0.465 e. The molecule has 5 nitrogen and oxygen atoms in total. The van der Waals surface area contributed by atoms with E-state index in [9.17, 15) is 13.2 Å². The molecule has 0 unspecified atom stereocenters. The van der Waals surface area contributed by atoms with Gasteiger partial charge in [0, 0.05) is 12.4 Å². The van der Waals surface area contributed by atoms with Crippen LogP contribution in [0.4, 0.5) is 0 Å². The summed E-state index contributed by atoms with van der Waals surface area (Å²) in [7, 11) is -2.16. The average molecular weight is 450 g/mol. The standard InChI is InChI=1S/C26H27NO4S/c1-18-5-3-8-22(15-18)32(29,30)23-11-12-24-19(6-4-7-20(24)16-23)9-10-21-17-27-14-13-25(21)26(28)31-2/h3,5,8,11-17,19H,4,6-7,9-10H2,1-2H3/t19-/m0/s1. The Kier molecular flexibility index (Phi) is 6.42. The Morgan fingerprint density at radius 1 is 1.12 bits per heavy atom. The SMILES string of the molecule is COC(=O)c1ccncc1CC[C@@H]1CCCc2cc(S(=O)(=O)c3cccc(C)c3)ccc21. The van der Waals surface area contributed by atoms with Crippen molar-refractivity contribution in [1.29, 1.82) is 0 Å². The number of ether oxygens (including phenoxy) is 1. The molecule has 4 rings (SSSR count). The molecule has 0 radical (unpaired) electrons. The summed E-state index contributed by atoms with van der Waals surface area (Å²) in [5.74, 6) is -0.0300. The molecule has 166 valence electrons. The highest BCUT2D eigenvalue weighted by atomic mass is 32.2. The third-order valence-corrected chi connectivity index (χ3v) is 7.98. The molecular weight excluding hydrogens is 422 g/mol. The summed E-state index contributed by atoms with van der Waals surface area (Å²) in [6.45, 7) is 1.89. The Bertz CT molecular complexity index is 1250. The third-order valence-electron chi connectivity index (χ3n) is 6.23. The summed E-state index contributed by atoms with van der Waals surface area (Å²) in [5.41, 5.74) is 4.67. The van der Waals surface area contributed by atoms with Crippen molar-refractivity contribution in [2.45, 2.75) is 54.7 Å². The van der Waals surface area contributed by atoms with Crippen LogP contribution in [0, 0.1) is 6.92 Å². The zero-order chi connectivity index (χ0) is 22.7. The van der Waals surface area contributed by atoms with Crippen molar-refractivity contribution < 1.29 is 17.9 Å². The number of pyridine rings is 1. The van der Waals surface area contributed by atoms with E-state index in [1.165, 1.54) is 12.7 Å². The van der Waals surface area contributed by atoms with E-state index in [0.29, 0.717) is 27.7 Å². The Labute approximate surface area is 189 Å². The lowest BCUT2D eigenvalue weighted by Crippen LogP contribution is -2.13. The molecule has 6 heteroatoms. The van der Waals surface area contributed by atoms with Gasteiger partial charge < -0.3 is 4.74 Å². The number of esters is 1. The van der Waals surface area contributed by atoms with Crippen molar-refractivity contribution in [3.63, 3.8) is 0 Å². The molecule has 0 bridgehead atoms. The van der Waals surface area contributed by atoms with Crippen LogP contribution in [0.5, 0.6) is 0 Å². The van der Waals surface area contributed by atoms with Gasteiger partial charge in [0.05, 0.1) is 22.5 Å². The zero-order valence-electron chi connectivity index (χ0n) is 18.4. The molecule has 0 aliphatic heterocycles. The summed E-state index contributed by atoms with van der Waals surface area (Å²) in [6, 6.07) is 14.3. The Morgan fingerprint density at radius 2 is 1.94 bits per heavy atom. The number of hydrogen-bond donors (Lipinski definition) is 0. The van der Waals surface area contributed by atoms with E-state index in [4.69, 9.17) is 4.74 Å². The van der Waals surface area contributed by atoms with Crippen LogP contribution in [0.3, 0.4) is 0 Å². The summed E-state index contributed by atoms with van der Waals surface area (Å²) >= 11 is 0. The van der Waals surface area contributed by atoms with Gasteiger partial charge in [-0.1, -0.05) is 18.2 Å². The summed E-state index contributed by atoms with van der Waals surface area (Å²) in [5, 5.41) is 0. The molecule has 1 aliphatic carbocycles. The summed E-state index contributed by atoms with van der Waals surface area (Å²) in [4.78, 5) is 16.9. The van der Waals surface area contributed by atoms with Gasteiger partial charge in [-0.3, -0.25) is 4.98 Å². The molecule has 32 heavy (non-hydrogen) atoms. The van der Waals surface area contributed by atoms with Crippen LogP contribution in [0.15, 0.2) is 70.7 Å². The van der Waals surface area contributed by atoms with Crippen molar-refractivity contribution in [2.24, 2.45) is 0 Å². The molecule has 0 amide bonds. The van der Waals surface area contributed by atoms with Crippen molar-refractivity contribution in [3.05, 3.63) is 88.7 Å². The fraction of sp³-hybridized carbons (Fsp3) is 0.308. The molecule has 1 atom stereocenters. The maximum absolute atomic E-state index is 13.1. The van der Waals surface area contributed by atoms with Crippen molar-refractivity contribution in [2.75, 3.05) is 7.11 Å². The Balaban J connectivity index is 1.58. The minimum Gasteiger partial charge on any atom is -0.465 e. The minimum absolute atomic E-state index is 0.320. The highest BCUT2D eigenvalue weighted by molar-refractivity contribution is 7.91. The predicted octanol–water partition coefficient (Wildman–Crippen LogP) is 5.06. The molecule has 1 heterocycles. The van der Waals surface area contributed by atoms with E-state index in [-0.39, 0.29) is 5.97 Å². The number of fused-ring (bicyclic) bond motifs is 1. The van der Waals surface area contributed by atoms with Gasteiger partial charge in [0.25, 0.3) is 0 Å². The number of rotatable bonds is 6. The molecular formula is C26H27NO4S. The smallest absolute Gasteiger partial charge is 0.338 e. The fourth-order valence-corrected chi connectivity index (χ4v) is 5.96. The highest BCUT2D eigenvalue weighted by Gasteiger charge is 2.25. The van der Waals surface area contributed by atoms with Crippen LogP contribution in [0.2, 0.25) is 0 Å². The highest BCUT2D eigenvalue weighted by Crippen LogP contribution is 2.37. The summed E-state index contributed by atoms with van der Waals surface area (Å²) in [6.07, 6.45) is 7.85. The number of carbonyl (C=O) groups is 1. The quantitative estimate of drug-likeness (QED) is 0.492. The number of carbonyl (C=O) groups excluding carboxylic acids is 1. The van der Waals surface area contributed by atoms with Gasteiger partial charge in [-0.25, -0.2) is 13.2 Å². The first-order chi connectivity index (χ1) is 15.4. The van der Waals surface area contributed by atoms with Gasteiger partial charge in [-0.05, 0) is 97.5 Å². The molecule has 1 aliphatic rings. The normalized spacial score (nSPS) is 15.8. The van der Waals surface area contributed by atoms with E-state index >= 15 is 0 Å². The first kappa shape index (κ1) is 22.2. The maximum atomic E-state index is 13.1. The molecule has 1 aromatic heterocycles. The number of nitrogens with zero attached hydrogens (tertiary/aromatic N) is 1. The van der Waals surface area contributed by atoms with E-state index < -0.39 is 9.84 Å². The molecule has 0 fully saturated rings. The van der Waals surface area contributed by atoms with Crippen LogP contribution in [-0.2, 0) is 27.4 Å². The second kappa shape index (κ2) is 9.25. The first-order valence-corrected chi connectivity index (χ1v) is 12.3. The van der Waals surface area contributed by atoms with Crippen LogP contribution < -0.4 is 0 Å². The van der Waals surface area contributed by atoms with Crippen LogP contribution in [0.25, 0.3) is 0 Å². The monoisotopic (exact) mass is 449 g/mol. The van der Waals surface area contributed by atoms with Gasteiger partial charge in [-0.2, -0.15) is 0 Å². The molecule has 0 spiro atoms. The number of sulfone groups is 1. The topological polar surface area (TPSA) is 73.3 Å². The average Bonchev–Trinajstić information content (AvgIpc) is 2.82.